The first-order valence-electron chi connectivity index (χ1n) is 8.03. The molecule has 0 aliphatic carbocycles. The minimum absolute atomic E-state index is 0.0437. The van der Waals surface area contributed by atoms with Crippen LogP contribution in [-0.2, 0) is 24.2 Å². The molecule has 3 heterocycles. The number of carbonyl (C=O) groups is 1. The van der Waals surface area contributed by atoms with Gasteiger partial charge in [-0.05, 0) is 12.5 Å². The molecule has 4 rings (SSSR count). The van der Waals surface area contributed by atoms with Crippen LogP contribution in [0, 0.1) is 6.92 Å². The third-order valence-electron chi connectivity index (χ3n) is 4.48. The smallest absolute Gasteiger partial charge is 0.277 e. The quantitative estimate of drug-likeness (QED) is 0.776. The highest BCUT2D eigenvalue weighted by atomic mass is 16.2. The van der Waals surface area contributed by atoms with Crippen LogP contribution in [0.3, 0.4) is 0 Å². The molecule has 0 atom stereocenters. The molecular formula is C18H18N4O2. The minimum Gasteiger partial charge on any atom is -0.337 e. The predicted octanol–water partition coefficient (Wildman–Crippen LogP) is 1.46. The zero-order valence-electron chi connectivity index (χ0n) is 13.5. The van der Waals surface area contributed by atoms with Gasteiger partial charge in [0.05, 0.1) is 24.2 Å². The highest BCUT2D eigenvalue weighted by Gasteiger charge is 2.25. The number of hydrogen-bond donors (Lipinski definition) is 1. The van der Waals surface area contributed by atoms with Crippen LogP contribution in [0.25, 0.3) is 5.65 Å². The summed E-state index contributed by atoms with van der Waals surface area (Å²) in [7, 11) is 0. The van der Waals surface area contributed by atoms with Crippen LogP contribution in [0.4, 0.5) is 0 Å². The molecule has 1 aliphatic rings. The van der Waals surface area contributed by atoms with Crippen LogP contribution >= 0.6 is 0 Å². The maximum atomic E-state index is 12.6. The Morgan fingerprint density at radius 3 is 3.04 bits per heavy atom. The molecule has 24 heavy (non-hydrogen) atoms. The van der Waals surface area contributed by atoms with E-state index in [4.69, 9.17) is 0 Å². The van der Waals surface area contributed by atoms with E-state index in [0.29, 0.717) is 37.1 Å². The molecule has 6 nitrogen and oxygen atoms in total. The third-order valence-corrected chi connectivity index (χ3v) is 4.48. The molecule has 1 aromatic carbocycles. The van der Waals surface area contributed by atoms with Crippen LogP contribution in [0.1, 0.15) is 22.4 Å². The van der Waals surface area contributed by atoms with Crippen LogP contribution < -0.4 is 5.56 Å². The van der Waals surface area contributed by atoms with Crippen LogP contribution in [0.5, 0.6) is 0 Å². The maximum Gasteiger partial charge on any atom is 0.277 e. The number of fused-ring (bicyclic) bond motifs is 2. The van der Waals surface area contributed by atoms with Crippen LogP contribution in [0.15, 0.2) is 41.3 Å². The molecule has 0 saturated carbocycles. The summed E-state index contributed by atoms with van der Waals surface area (Å²) in [4.78, 5) is 31.4. The molecule has 3 aromatic rings. The van der Waals surface area contributed by atoms with Gasteiger partial charge in [0.1, 0.15) is 0 Å². The van der Waals surface area contributed by atoms with Crippen molar-refractivity contribution in [1.82, 2.24) is 19.5 Å². The first-order chi connectivity index (χ1) is 11.6. The topological polar surface area (TPSA) is 70.5 Å². The monoisotopic (exact) mass is 322 g/mol. The highest BCUT2D eigenvalue weighted by molar-refractivity contribution is 5.79. The van der Waals surface area contributed by atoms with E-state index >= 15 is 0 Å². The summed E-state index contributed by atoms with van der Waals surface area (Å²) in [5.41, 5.74) is 4.06. The van der Waals surface area contributed by atoms with Gasteiger partial charge < -0.3 is 4.90 Å². The lowest BCUT2D eigenvalue weighted by molar-refractivity contribution is -0.131. The first-order valence-corrected chi connectivity index (χ1v) is 8.03. The van der Waals surface area contributed by atoms with Gasteiger partial charge in [0.25, 0.3) is 5.56 Å². The molecule has 122 valence electrons. The van der Waals surface area contributed by atoms with Crippen molar-refractivity contribution in [1.29, 1.82) is 0 Å². The fourth-order valence-electron chi connectivity index (χ4n) is 3.24. The number of nitrogens with zero attached hydrogens (tertiary/aromatic N) is 3. The van der Waals surface area contributed by atoms with E-state index in [1.54, 1.807) is 17.2 Å². The van der Waals surface area contributed by atoms with Crippen molar-refractivity contribution in [3.63, 3.8) is 0 Å². The molecule has 0 radical (unpaired) electrons. The maximum absolute atomic E-state index is 12.6. The van der Waals surface area contributed by atoms with E-state index < -0.39 is 0 Å². The van der Waals surface area contributed by atoms with Gasteiger partial charge in [-0.25, -0.2) is 9.50 Å². The molecule has 0 spiro atoms. The summed E-state index contributed by atoms with van der Waals surface area (Å²) in [6.07, 6.45) is 2.66. The molecule has 0 bridgehead atoms. The fourth-order valence-corrected chi connectivity index (χ4v) is 3.24. The SMILES string of the molecule is Cc1cccc(CC(=O)N2CCc3nc4cc[nH]n4c(=O)c3C2)c1. The number of H-pyrrole nitrogens is 1. The van der Waals surface area contributed by atoms with Gasteiger partial charge in [0.2, 0.25) is 5.91 Å². The Kier molecular flexibility index (Phi) is 3.45. The van der Waals surface area contributed by atoms with Gasteiger partial charge >= 0.3 is 0 Å². The average Bonchev–Trinajstić information content (AvgIpc) is 3.03. The van der Waals surface area contributed by atoms with E-state index in [1.165, 1.54) is 4.52 Å². The van der Waals surface area contributed by atoms with Crippen molar-refractivity contribution in [2.75, 3.05) is 6.54 Å². The van der Waals surface area contributed by atoms with Crippen molar-refractivity contribution in [2.45, 2.75) is 26.3 Å². The number of hydrogen-bond acceptors (Lipinski definition) is 3. The third kappa shape index (κ3) is 2.50. The number of amides is 1. The van der Waals surface area contributed by atoms with Crippen LogP contribution in [0.2, 0.25) is 0 Å². The summed E-state index contributed by atoms with van der Waals surface area (Å²) < 4.78 is 1.42. The second-order valence-electron chi connectivity index (χ2n) is 6.23. The number of aromatic nitrogens is 3. The number of nitrogens with one attached hydrogen (secondary N) is 1. The van der Waals surface area contributed by atoms with Gasteiger partial charge in [0, 0.05) is 25.2 Å². The van der Waals surface area contributed by atoms with Crippen molar-refractivity contribution in [3.05, 3.63) is 69.3 Å². The van der Waals surface area contributed by atoms with Gasteiger partial charge in [-0.2, -0.15) is 0 Å². The Bertz CT molecular complexity index is 986. The molecule has 6 heteroatoms. The minimum atomic E-state index is -0.118. The Balaban J connectivity index is 1.59. The summed E-state index contributed by atoms with van der Waals surface area (Å²) in [6, 6.07) is 9.73. The number of aromatic amines is 1. The summed E-state index contributed by atoms with van der Waals surface area (Å²) in [5, 5.41) is 2.87. The lowest BCUT2D eigenvalue weighted by Crippen LogP contribution is -2.40. The number of carbonyl (C=O) groups excluding carboxylic acids is 1. The molecule has 0 fully saturated rings. The largest absolute Gasteiger partial charge is 0.337 e. The van der Waals surface area contributed by atoms with E-state index in [9.17, 15) is 9.59 Å². The van der Waals surface area contributed by atoms with Crippen molar-refractivity contribution < 1.29 is 4.79 Å². The van der Waals surface area contributed by atoms with Gasteiger partial charge in [0.15, 0.2) is 5.65 Å². The number of rotatable bonds is 2. The summed E-state index contributed by atoms with van der Waals surface area (Å²) in [5.74, 6) is 0.0437. The van der Waals surface area contributed by atoms with Crippen molar-refractivity contribution in [2.24, 2.45) is 0 Å². The second-order valence-corrected chi connectivity index (χ2v) is 6.23. The Hall–Kier alpha value is -2.89. The fraction of sp³-hybridized carbons (Fsp3) is 0.278. The lowest BCUT2D eigenvalue weighted by atomic mass is 10.0. The Morgan fingerprint density at radius 1 is 1.33 bits per heavy atom. The molecular weight excluding hydrogens is 304 g/mol. The number of benzene rings is 1. The molecule has 0 unspecified atom stereocenters. The van der Waals surface area contributed by atoms with Gasteiger partial charge in [-0.15, -0.1) is 0 Å². The summed E-state index contributed by atoms with van der Waals surface area (Å²) >= 11 is 0. The van der Waals surface area contributed by atoms with Crippen LogP contribution in [-0.4, -0.2) is 31.9 Å². The zero-order chi connectivity index (χ0) is 16.7. The van der Waals surface area contributed by atoms with E-state index in [1.807, 2.05) is 31.2 Å². The van der Waals surface area contributed by atoms with Gasteiger partial charge in [-0.3, -0.25) is 14.7 Å². The average molecular weight is 322 g/mol. The molecule has 1 N–H and O–H groups in total. The second kappa shape index (κ2) is 5.63. The van der Waals surface area contributed by atoms with Crippen molar-refractivity contribution >= 4 is 11.6 Å². The van der Waals surface area contributed by atoms with E-state index in [0.717, 1.165) is 16.8 Å². The highest BCUT2D eigenvalue weighted by Crippen LogP contribution is 2.16. The number of aryl methyl sites for hydroxylation is 1. The Morgan fingerprint density at radius 2 is 2.21 bits per heavy atom. The normalized spacial score (nSPS) is 14.0. The van der Waals surface area contributed by atoms with E-state index in [2.05, 4.69) is 10.1 Å². The molecule has 2 aromatic heterocycles. The van der Waals surface area contributed by atoms with E-state index in [-0.39, 0.29) is 11.5 Å². The molecule has 0 saturated heterocycles. The van der Waals surface area contributed by atoms with Gasteiger partial charge in [-0.1, -0.05) is 29.8 Å². The molecule has 1 amide bonds. The predicted molar refractivity (Wildman–Crippen MR) is 89.8 cm³/mol. The first kappa shape index (κ1) is 14.7. The summed E-state index contributed by atoms with van der Waals surface area (Å²) in [6.45, 7) is 2.94. The molecule has 1 aliphatic heterocycles. The Labute approximate surface area is 138 Å². The zero-order valence-corrected chi connectivity index (χ0v) is 13.5. The standard InChI is InChI=1S/C18H18N4O2/c1-12-3-2-4-13(9-12)10-17(23)21-8-6-15-14(11-21)18(24)22-16(20-15)5-7-19-22/h2-5,7,9,19H,6,8,10-11H2,1H3. The lowest BCUT2D eigenvalue weighted by Gasteiger charge is -2.27. The van der Waals surface area contributed by atoms with Crippen molar-refractivity contribution in [3.8, 4) is 0 Å².